The van der Waals surface area contributed by atoms with Crippen LogP contribution in [0.15, 0.2) is 0 Å². The first-order valence-corrected chi connectivity index (χ1v) is 4.74. The molecular weight excluding hydrogens is 182 g/mol. The number of aliphatic hydroxyl groups excluding tert-OH is 1. The van der Waals surface area contributed by atoms with E-state index in [-0.39, 0.29) is 13.2 Å². The Labute approximate surface area is 84.5 Å². The zero-order valence-electron chi connectivity index (χ0n) is 8.28. The number of nitrogens with zero attached hydrogens (tertiary/aromatic N) is 1. The molecule has 80 valence electrons. The van der Waals surface area contributed by atoms with Crippen molar-refractivity contribution in [2.75, 3.05) is 19.7 Å². The van der Waals surface area contributed by atoms with Crippen molar-refractivity contribution in [3.8, 4) is 12.3 Å². The van der Waals surface area contributed by atoms with Crippen molar-refractivity contribution in [3.05, 3.63) is 0 Å². The van der Waals surface area contributed by atoms with Gasteiger partial charge < -0.3 is 10.2 Å². The Morgan fingerprint density at radius 1 is 1.29 bits per heavy atom. The molecule has 0 aliphatic carbocycles. The normalized spacial score (nSPS) is 9.43. The monoisotopic (exact) mass is 199 g/mol. The summed E-state index contributed by atoms with van der Waals surface area (Å²) in [5.74, 6) is 2.31. The summed E-state index contributed by atoms with van der Waals surface area (Å²) in [6.45, 7) is 0.827. The largest absolute Gasteiger partial charge is 0.465 e. The van der Waals surface area contributed by atoms with Gasteiger partial charge >= 0.3 is 6.09 Å². The van der Waals surface area contributed by atoms with Gasteiger partial charge in [-0.15, -0.1) is 6.42 Å². The molecule has 0 bridgehead atoms. The summed E-state index contributed by atoms with van der Waals surface area (Å²) in [5, 5.41) is 17.2. The van der Waals surface area contributed by atoms with Gasteiger partial charge in [-0.25, -0.2) is 4.79 Å². The Hall–Kier alpha value is -1.21. The maximum Gasteiger partial charge on any atom is 0.408 e. The molecule has 0 aliphatic rings. The molecule has 0 saturated heterocycles. The molecule has 4 heteroatoms. The van der Waals surface area contributed by atoms with E-state index in [1.165, 1.54) is 4.90 Å². The second-order valence-corrected chi connectivity index (χ2v) is 3.05. The molecule has 0 unspecified atom stereocenters. The number of aliphatic hydroxyl groups is 1. The molecule has 2 N–H and O–H groups in total. The Kier molecular flexibility index (Phi) is 7.67. The van der Waals surface area contributed by atoms with Crippen LogP contribution in [0, 0.1) is 12.3 Å². The van der Waals surface area contributed by atoms with Crippen LogP contribution < -0.4 is 0 Å². The molecule has 0 aliphatic heterocycles. The van der Waals surface area contributed by atoms with E-state index in [1.807, 2.05) is 0 Å². The van der Waals surface area contributed by atoms with E-state index in [2.05, 4.69) is 5.92 Å². The maximum absolute atomic E-state index is 10.6. The van der Waals surface area contributed by atoms with Gasteiger partial charge in [0, 0.05) is 13.2 Å². The highest BCUT2D eigenvalue weighted by atomic mass is 16.4. The molecule has 0 saturated carbocycles. The topological polar surface area (TPSA) is 60.8 Å². The van der Waals surface area contributed by atoms with Crippen molar-refractivity contribution >= 4 is 6.09 Å². The average Bonchev–Trinajstić information content (AvgIpc) is 2.15. The second-order valence-electron chi connectivity index (χ2n) is 3.05. The number of hydrogen-bond donors (Lipinski definition) is 2. The Balaban J connectivity index is 3.52. The van der Waals surface area contributed by atoms with Crippen molar-refractivity contribution in [2.45, 2.75) is 25.7 Å². The van der Waals surface area contributed by atoms with Gasteiger partial charge in [-0.3, -0.25) is 4.90 Å². The predicted molar refractivity (Wildman–Crippen MR) is 54.0 cm³/mol. The summed E-state index contributed by atoms with van der Waals surface area (Å²) < 4.78 is 0. The lowest BCUT2D eigenvalue weighted by atomic mass is 10.2. The minimum Gasteiger partial charge on any atom is -0.465 e. The van der Waals surface area contributed by atoms with Gasteiger partial charge in [0.15, 0.2) is 0 Å². The second kappa shape index (κ2) is 8.39. The quantitative estimate of drug-likeness (QED) is 0.477. The number of hydrogen-bond acceptors (Lipinski definition) is 2. The van der Waals surface area contributed by atoms with Gasteiger partial charge in [0.05, 0.1) is 6.54 Å². The lowest BCUT2D eigenvalue weighted by molar-refractivity contribution is 0.150. The molecule has 0 atom stereocenters. The molecule has 0 aromatic heterocycles. The van der Waals surface area contributed by atoms with Crippen LogP contribution >= 0.6 is 0 Å². The fraction of sp³-hybridized carbons (Fsp3) is 0.700. The third kappa shape index (κ3) is 6.32. The van der Waals surface area contributed by atoms with E-state index < -0.39 is 6.09 Å². The lowest BCUT2D eigenvalue weighted by Gasteiger charge is -2.15. The minimum atomic E-state index is -0.967. The van der Waals surface area contributed by atoms with E-state index >= 15 is 0 Å². The third-order valence-electron chi connectivity index (χ3n) is 1.89. The predicted octanol–water partition coefficient (Wildman–Crippen LogP) is 1.15. The van der Waals surface area contributed by atoms with Crippen LogP contribution in [0.25, 0.3) is 0 Å². The molecule has 1 amide bonds. The summed E-state index contributed by atoms with van der Waals surface area (Å²) in [4.78, 5) is 11.8. The van der Waals surface area contributed by atoms with Crippen LogP contribution in [0.2, 0.25) is 0 Å². The van der Waals surface area contributed by atoms with E-state index in [0.717, 1.165) is 25.7 Å². The standard InChI is InChI=1S/C10H17NO3/c1-2-7-11(10(13)14)8-5-3-4-6-9-12/h1,12H,3-9H2,(H,13,14). The van der Waals surface area contributed by atoms with Crippen LogP contribution in [0.1, 0.15) is 25.7 Å². The average molecular weight is 199 g/mol. The summed E-state index contributed by atoms with van der Waals surface area (Å²) in [6, 6.07) is 0. The Morgan fingerprint density at radius 3 is 2.43 bits per heavy atom. The molecule has 0 rings (SSSR count). The molecule has 0 aromatic carbocycles. The van der Waals surface area contributed by atoms with Gasteiger partial charge in [0.25, 0.3) is 0 Å². The smallest absolute Gasteiger partial charge is 0.408 e. The number of unbranched alkanes of at least 4 members (excludes halogenated alkanes) is 3. The fourth-order valence-corrected chi connectivity index (χ4v) is 1.12. The molecule has 0 aromatic rings. The van der Waals surface area contributed by atoms with Crippen molar-refractivity contribution in [1.29, 1.82) is 0 Å². The molecule has 4 nitrogen and oxygen atoms in total. The molecule has 0 spiro atoms. The zero-order valence-corrected chi connectivity index (χ0v) is 8.28. The number of amides is 1. The fourth-order valence-electron chi connectivity index (χ4n) is 1.12. The first kappa shape index (κ1) is 12.8. The van der Waals surface area contributed by atoms with Gasteiger partial charge in [0.1, 0.15) is 0 Å². The SMILES string of the molecule is C#CCN(CCCCCCO)C(=O)O. The van der Waals surface area contributed by atoms with Crippen molar-refractivity contribution < 1.29 is 15.0 Å². The number of rotatable bonds is 7. The highest BCUT2D eigenvalue weighted by molar-refractivity contribution is 5.65. The summed E-state index contributed by atoms with van der Waals surface area (Å²) >= 11 is 0. The number of terminal acetylenes is 1. The van der Waals surface area contributed by atoms with Crippen LogP contribution in [0.4, 0.5) is 4.79 Å². The minimum absolute atomic E-state index is 0.148. The van der Waals surface area contributed by atoms with Gasteiger partial charge in [-0.1, -0.05) is 18.8 Å². The van der Waals surface area contributed by atoms with Gasteiger partial charge in [-0.2, -0.15) is 0 Å². The highest BCUT2D eigenvalue weighted by Crippen LogP contribution is 2.01. The van der Waals surface area contributed by atoms with E-state index in [0.29, 0.717) is 6.54 Å². The number of carboxylic acid groups (broad SMARTS) is 1. The van der Waals surface area contributed by atoms with Crippen LogP contribution in [-0.2, 0) is 0 Å². The number of carbonyl (C=O) groups is 1. The van der Waals surface area contributed by atoms with Crippen molar-refractivity contribution in [3.63, 3.8) is 0 Å². The zero-order chi connectivity index (χ0) is 10.8. The molecule has 0 fully saturated rings. The summed E-state index contributed by atoms with van der Waals surface area (Å²) in [7, 11) is 0. The lowest BCUT2D eigenvalue weighted by Crippen LogP contribution is -2.30. The van der Waals surface area contributed by atoms with Crippen LogP contribution in [0.5, 0.6) is 0 Å². The van der Waals surface area contributed by atoms with Crippen LogP contribution in [0.3, 0.4) is 0 Å². The molecular formula is C10H17NO3. The molecule has 0 heterocycles. The van der Waals surface area contributed by atoms with E-state index in [1.54, 1.807) is 0 Å². The van der Waals surface area contributed by atoms with Gasteiger partial charge in [0.2, 0.25) is 0 Å². The Bertz CT molecular complexity index is 198. The first-order valence-electron chi connectivity index (χ1n) is 4.74. The van der Waals surface area contributed by atoms with E-state index in [9.17, 15) is 4.79 Å². The summed E-state index contributed by atoms with van der Waals surface area (Å²) in [5.41, 5.74) is 0. The summed E-state index contributed by atoms with van der Waals surface area (Å²) in [6.07, 6.45) is 7.50. The maximum atomic E-state index is 10.6. The Morgan fingerprint density at radius 2 is 1.93 bits per heavy atom. The first-order chi connectivity index (χ1) is 6.72. The highest BCUT2D eigenvalue weighted by Gasteiger charge is 2.08. The molecule has 0 radical (unpaired) electrons. The van der Waals surface area contributed by atoms with E-state index in [4.69, 9.17) is 16.6 Å². The molecule has 14 heavy (non-hydrogen) atoms. The van der Waals surface area contributed by atoms with Crippen LogP contribution in [-0.4, -0.2) is 40.9 Å². The van der Waals surface area contributed by atoms with Crippen molar-refractivity contribution in [1.82, 2.24) is 4.90 Å². The third-order valence-corrected chi connectivity index (χ3v) is 1.89. The van der Waals surface area contributed by atoms with Gasteiger partial charge in [-0.05, 0) is 12.8 Å². The van der Waals surface area contributed by atoms with Crippen molar-refractivity contribution in [2.24, 2.45) is 0 Å².